The maximum Gasteiger partial charge on any atom is 0.339 e. The predicted molar refractivity (Wildman–Crippen MR) is 130 cm³/mol. The third-order valence-corrected chi connectivity index (χ3v) is 12.1. The molecule has 0 radical (unpaired) electrons. The van der Waals surface area contributed by atoms with Crippen LogP contribution in [0, 0.1) is 0 Å². The zero-order valence-electron chi connectivity index (χ0n) is 14.5. The predicted octanol–water partition coefficient (Wildman–Crippen LogP) is 4.48. The van der Waals surface area contributed by atoms with Crippen molar-refractivity contribution < 1.29 is 44.5 Å². The van der Waals surface area contributed by atoms with Crippen LogP contribution >= 0.6 is 73.4 Å². The Hall–Kier alpha value is -0.100. The molecule has 0 spiro atoms. The van der Waals surface area contributed by atoms with Gasteiger partial charge in [-0.25, -0.2) is 34.6 Å². The van der Waals surface area contributed by atoms with Gasteiger partial charge in [-0.15, -0.1) is 0 Å². The summed E-state index contributed by atoms with van der Waals surface area (Å²) >= 11 is 5.03. The van der Waals surface area contributed by atoms with Crippen molar-refractivity contribution in [1.82, 2.24) is 0 Å². The zero-order chi connectivity index (χ0) is 25.4. The molecule has 8 nitrogen and oxygen atoms in total. The molecule has 182 valence electrons. The van der Waals surface area contributed by atoms with Crippen LogP contribution in [-0.2, 0) is 35.0 Å². The minimum absolute atomic E-state index is 0.471. The molecule has 32 heavy (non-hydrogen) atoms. The highest BCUT2D eigenvalue weighted by Gasteiger charge is 2.21. The molecule has 0 aromatic carbocycles. The van der Waals surface area contributed by atoms with Crippen molar-refractivity contribution in [3.05, 3.63) is 45.8 Å². The van der Waals surface area contributed by atoms with Crippen LogP contribution in [-0.4, -0.2) is 48.1 Å². The molecule has 0 saturated heterocycles. The Morgan fingerprint density at radius 2 is 1.19 bits per heavy atom. The highest BCUT2D eigenvalue weighted by atomic mass is 36.0. The van der Waals surface area contributed by atoms with Crippen LogP contribution < -0.4 is 0 Å². The Balaban J connectivity index is 0.000000515. The third-order valence-electron chi connectivity index (χ3n) is 2.58. The average Bonchev–Trinajstić information content (AvgIpc) is 2.60. The lowest BCUT2D eigenvalue weighted by Gasteiger charge is -2.06. The second-order valence-corrected chi connectivity index (χ2v) is 19.8. The standard InChI is InChI=1S/C6H3Cl2FO3S2.C6H4ClFO4S2.Cl2OS/c7-6(10)4-3-13(14(8,11)12)2-1-5(4)9;7-14(11,12)13-2-1-5(8)4(3-13)6(9)10;1-4(2)3/h1-3H;1-3H,(H,9,10);. The number of hydrogen-bond acceptors (Lipinski definition) is 7. The van der Waals surface area contributed by atoms with E-state index in [1.165, 1.54) is 0 Å². The zero-order valence-corrected chi connectivity index (χ0v) is 22.3. The van der Waals surface area contributed by atoms with Crippen LogP contribution in [0.5, 0.6) is 0 Å². The normalized spacial score (nSPS) is 20.4. The van der Waals surface area contributed by atoms with E-state index in [2.05, 4.69) is 21.4 Å². The van der Waals surface area contributed by atoms with Crippen LogP contribution in [0.2, 0.25) is 0 Å². The number of rotatable bonds is 4. The van der Waals surface area contributed by atoms with Crippen molar-refractivity contribution in [2.75, 3.05) is 0 Å². The van der Waals surface area contributed by atoms with E-state index in [0.29, 0.717) is 0 Å². The average molecular weight is 655 g/mol. The Bertz CT molecular complexity index is 1140. The first kappa shape index (κ1) is 31.9. The SMILES string of the molecule is O=C(Cl)C1=CS(S(=O)(=O)Cl)=CC=C1F.O=C(O)C1=CS(S(=O)(=O)Cl)=CC=C1F.O=S(Cl)Cl. The molecule has 0 bridgehead atoms. The summed E-state index contributed by atoms with van der Waals surface area (Å²) in [5.41, 5.74) is -1.15. The van der Waals surface area contributed by atoms with E-state index in [-0.39, 0.29) is 0 Å². The second-order valence-electron chi connectivity index (χ2n) is 4.57. The monoisotopic (exact) mass is 652 g/mol. The quantitative estimate of drug-likeness (QED) is 0.266. The van der Waals surface area contributed by atoms with E-state index in [1.54, 1.807) is 0 Å². The van der Waals surface area contributed by atoms with Crippen LogP contribution in [0.1, 0.15) is 0 Å². The summed E-state index contributed by atoms with van der Waals surface area (Å²) in [4.78, 5) is 21.1. The van der Waals surface area contributed by atoms with E-state index < -0.39 is 78.4 Å². The summed E-state index contributed by atoms with van der Waals surface area (Å²) in [6.45, 7) is 0. The Kier molecular flexibility index (Phi) is 13.7. The first-order valence-corrected chi connectivity index (χ1v) is 18.3. The third kappa shape index (κ3) is 11.9. The lowest BCUT2D eigenvalue weighted by molar-refractivity contribution is -0.132. The second kappa shape index (κ2) is 13.7. The molecular weight excluding hydrogens is 648 g/mol. The van der Waals surface area contributed by atoms with E-state index >= 15 is 0 Å². The Labute approximate surface area is 209 Å². The fourth-order valence-electron chi connectivity index (χ4n) is 1.40. The number of hydrogen-bond donors (Lipinski definition) is 1. The highest BCUT2D eigenvalue weighted by molar-refractivity contribution is 8.88. The molecule has 2 unspecified atom stereocenters. The van der Waals surface area contributed by atoms with Crippen LogP contribution in [0.4, 0.5) is 8.78 Å². The molecule has 0 aromatic heterocycles. The van der Waals surface area contributed by atoms with E-state index in [0.717, 1.165) is 33.7 Å². The smallest absolute Gasteiger partial charge is 0.339 e. The molecule has 2 aliphatic heterocycles. The molecule has 0 aliphatic carbocycles. The van der Waals surface area contributed by atoms with Crippen molar-refractivity contribution in [3.63, 3.8) is 0 Å². The van der Waals surface area contributed by atoms with Gasteiger partial charge in [0.25, 0.3) is 21.4 Å². The van der Waals surface area contributed by atoms with Crippen molar-refractivity contribution in [3.8, 4) is 0 Å². The molecule has 2 heterocycles. The molecule has 20 heteroatoms. The fourth-order valence-corrected chi connectivity index (χ4v) is 7.47. The molecule has 0 amide bonds. The maximum atomic E-state index is 12.9. The van der Waals surface area contributed by atoms with E-state index in [9.17, 15) is 35.2 Å². The number of carbonyl (C=O) groups excluding carboxylic acids is 1. The Morgan fingerprint density at radius 1 is 0.875 bits per heavy atom. The number of allylic oxidation sites excluding steroid dienone is 4. The number of halogens is 7. The van der Waals surface area contributed by atoms with Gasteiger partial charge in [0, 0.05) is 42.7 Å². The van der Waals surface area contributed by atoms with Crippen LogP contribution in [0.25, 0.3) is 0 Å². The lowest BCUT2D eigenvalue weighted by Crippen LogP contribution is -2.04. The van der Waals surface area contributed by atoms with Gasteiger partial charge in [0.15, 0.2) is 0 Å². The molecule has 0 saturated carbocycles. The Morgan fingerprint density at radius 3 is 1.47 bits per heavy atom. The summed E-state index contributed by atoms with van der Waals surface area (Å²) in [6, 6.07) is 0. The van der Waals surface area contributed by atoms with Gasteiger partial charge in [0.1, 0.15) is 17.2 Å². The molecule has 0 fully saturated rings. The van der Waals surface area contributed by atoms with Gasteiger partial charge in [0.2, 0.25) is 9.23 Å². The molecule has 0 aromatic rings. The summed E-state index contributed by atoms with van der Waals surface area (Å²) in [6.07, 6.45) is 1.64. The van der Waals surface area contributed by atoms with E-state index in [1.807, 2.05) is 0 Å². The summed E-state index contributed by atoms with van der Waals surface area (Å²) in [7, 11) is 6.51. The van der Waals surface area contributed by atoms with Gasteiger partial charge in [0.05, 0.1) is 5.57 Å². The minimum Gasteiger partial charge on any atom is -0.478 e. The van der Waals surface area contributed by atoms with Gasteiger partial charge in [-0.3, -0.25) is 4.79 Å². The summed E-state index contributed by atoms with van der Waals surface area (Å²) < 4.78 is 78.1. The van der Waals surface area contributed by atoms with E-state index in [4.69, 9.17) is 42.3 Å². The summed E-state index contributed by atoms with van der Waals surface area (Å²) in [5, 5.41) is 11.2. The minimum atomic E-state index is -3.92. The van der Waals surface area contributed by atoms with Crippen molar-refractivity contribution >= 4 is 121 Å². The van der Waals surface area contributed by atoms with Crippen molar-refractivity contribution in [1.29, 1.82) is 0 Å². The molecule has 2 rings (SSSR count). The van der Waals surface area contributed by atoms with Crippen LogP contribution in [0.3, 0.4) is 0 Å². The molecule has 2 aliphatic rings. The maximum absolute atomic E-state index is 12.9. The van der Waals surface area contributed by atoms with Gasteiger partial charge in [-0.05, 0) is 64.3 Å². The topological polar surface area (TPSA) is 140 Å². The largest absolute Gasteiger partial charge is 0.478 e. The molecular formula is C12H7Cl5F2O8S5. The van der Waals surface area contributed by atoms with Crippen molar-refractivity contribution in [2.45, 2.75) is 0 Å². The van der Waals surface area contributed by atoms with Gasteiger partial charge >= 0.3 is 5.97 Å². The molecule has 2 atom stereocenters. The summed E-state index contributed by atoms with van der Waals surface area (Å²) in [5.74, 6) is -3.37. The van der Waals surface area contributed by atoms with Crippen molar-refractivity contribution in [2.24, 2.45) is 0 Å². The highest BCUT2D eigenvalue weighted by Crippen LogP contribution is 2.35. The van der Waals surface area contributed by atoms with Crippen LogP contribution in [0.15, 0.2) is 45.8 Å². The first-order valence-electron chi connectivity index (χ1n) is 6.75. The number of carboxylic acid groups (broad SMARTS) is 1. The fraction of sp³-hybridized carbons (Fsp3) is 0. The van der Waals surface area contributed by atoms with Gasteiger partial charge in [-0.2, -0.15) is 0 Å². The number of aliphatic carboxylic acids is 1. The number of carbonyl (C=O) groups is 2. The first-order chi connectivity index (χ1) is 14.4. The lowest BCUT2D eigenvalue weighted by atomic mass is 10.2. The molecule has 1 N–H and O–H groups in total. The van der Waals surface area contributed by atoms with Gasteiger partial charge < -0.3 is 5.11 Å². The van der Waals surface area contributed by atoms with Gasteiger partial charge in [-0.1, -0.05) is 0 Å². The number of carboxylic acids is 1.